The highest BCUT2D eigenvalue weighted by Gasteiger charge is 2.14. The summed E-state index contributed by atoms with van der Waals surface area (Å²) in [7, 11) is 0. The maximum atomic E-state index is 4.01. The number of rotatable bonds is 1. The molecule has 0 radical (unpaired) electrons. The van der Waals surface area contributed by atoms with Crippen LogP contribution >= 0.6 is 0 Å². The molecule has 76 valence electrons. The van der Waals surface area contributed by atoms with Crippen molar-refractivity contribution in [1.29, 1.82) is 0 Å². The Morgan fingerprint density at radius 2 is 1.79 bits per heavy atom. The van der Waals surface area contributed by atoms with E-state index in [1.54, 1.807) is 0 Å². The Morgan fingerprint density at radius 1 is 1.21 bits per heavy atom. The van der Waals surface area contributed by atoms with E-state index in [0.717, 1.165) is 5.57 Å². The van der Waals surface area contributed by atoms with E-state index in [9.17, 15) is 0 Å². The second kappa shape index (κ2) is 3.61. The first-order valence-electron chi connectivity index (χ1n) is 5.09. The Bertz CT molecular complexity index is 351. The van der Waals surface area contributed by atoms with Gasteiger partial charge in [0.05, 0.1) is 0 Å². The zero-order valence-electron chi connectivity index (χ0n) is 9.94. The van der Waals surface area contributed by atoms with Gasteiger partial charge >= 0.3 is 0 Å². The summed E-state index contributed by atoms with van der Waals surface area (Å²) < 4.78 is 0. The first-order valence-corrected chi connectivity index (χ1v) is 5.09. The summed E-state index contributed by atoms with van der Waals surface area (Å²) in [6.45, 7) is 14.9. The molecule has 0 fully saturated rings. The summed E-state index contributed by atoms with van der Waals surface area (Å²) >= 11 is 0. The Balaban J connectivity index is 3.27. The molecule has 0 amide bonds. The fraction of sp³-hybridized carbons (Fsp3) is 0.429. The van der Waals surface area contributed by atoms with Crippen LogP contribution in [0.3, 0.4) is 0 Å². The van der Waals surface area contributed by atoms with E-state index >= 15 is 0 Å². The smallest absolute Gasteiger partial charge is 0.0132 e. The maximum absolute atomic E-state index is 4.01. The molecule has 1 aromatic rings. The minimum Gasteiger partial charge on any atom is -0.0955 e. The summed E-state index contributed by atoms with van der Waals surface area (Å²) in [5.74, 6) is 0. The van der Waals surface area contributed by atoms with Crippen molar-refractivity contribution in [2.45, 2.75) is 40.0 Å². The minimum atomic E-state index is 0.220. The summed E-state index contributed by atoms with van der Waals surface area (Å²) in [5.41, 5.74) is 5.34. The van der Waals surface area contributed by atoms with E-state index in [-0.39, 0.29) is 5.41 Å². The van der Waals surface area contributed by atoms with Crippen LogP contribution in [-0.4, -0.2) is 0 Å². The second-order valence-corrected chi connectivity index (χ2v) is 5.06. The van der Waals surface area contributed by atoms with Gasteiger partial charge in [-0.15, -0.1) is 0 Å². The van der Waals surface area contributed by atoms with Crippen LogP contribution in [0.4, 0.5) is 0 Å². The zero-order chi connectivity index (χ0) is 10.9. The predicted molar refractivity (Wildman–Crippen MR) is 64.6 cm³/mol. The molecule has 0 heteroatoms. The normalized spacial score (nSPS) is 11.5. The lowest BCUT2D eigenvalue weighted by Crippen LogP contribution is -2.11. The fourth-order valence-electron chi connectivity index (χ4n) is 1.55. The molecule has 0 aliphatic heterocycles. The van der Waals surface area contributed by atoms with Gasteiger partial charge in [-0.3, -0.25) is 0 Å². The molecule has 0 atom stereocenters. The summed E-state index contributed by atoms with van der Waals surface area (Å²) in [6.07, 6.45) is 0. The van der Waals surface area contributed by atoms with Gasteiger partial charge in [-0.2, -0.15) is 0 Å². The summed E-state index contributed by atoms with van der Waals surface area (Å²) in [5, 5.41) is 0. The third-order valence-electron chi connectivity index (χ3n) is 2.56. The SMILES string of the molecule is C=C(C)c1cc(C(C)(C)C)ccc1C. The van der Waals surface area contributed by atoms with Crippen molar-refractivity contribution in [2.75, 3.05) is 0 Å². The largest absolute Gasteiger partial charge is 0.0955 e. The van der Waals surface area contributed by atoms with E-state index in [4.69, 9.17) is 0 Å². The highest BCUT2D eigenvalue weighted by atomic mass is 14.2. The quantitative estimate of drug-likeness (QED) is 0.615. The van der Waals surface area contributed by atoms with Gasteiger partial charge in [0, 0.05) is 0 Å². The van der Waals surface area contributed by atoms with Crippen LogP contribution in [0.5, 0.6) is 0 Å². The van der Waals surface area contributed by atoms with E-state index in [0.29, 0.717) is 0 Å². The molecule has 0 unspecified atom stereocenters. The molecule has 0 spiro atoms. The third-order valence-corrected chi connectivity index (χ3v) is 2.56. The van der Waals surface area contributed by atoms with Crippen LogP contribution in [0.2, 0.25) is 0 Å². The number of hydrogen-bond acceptors (Lipinski definition) is 0. The predicted octanol–water partition coefficient (Wildman–Crippen LogP) is 4.33. The van der Waals surface area contributed by atoms with Crippen molar-refractivity contribution in [3.05, 3.63) is 41.5 Å². The Hall–Kier alpha value is -1.04. The van der Waals surface area contributed by atoms with Gasteiger partial charge in [0.25, 0.3) is 0 Å². The van der Waals surface area contributed by atoms with Gasteiger partial charge in [0.2, 0.25) is 0 Å². The average molecular weight is 188 g/mol. The molecule has 0 aliphatic rings. The van der Waals surface area contributed by atoms with Crippen molar-refractivity contribution >= 4 is 5.57 Å². The van der Waals surface area contributed by atoms with Crippen LogP contribution in [0.25, 0.3) is 5.57 Å². The monoisotopic (exact) mass is 188 g/mol. The van der Waals surface area contributed by atoms with Crippen LogP contribution < -0.4 is 0 Å². The molecule has 0 nitrogen and oxygen atoms in total. The Labute approximate surface area is 87.7 Å². The van der Waals surface area contributed by atoms with Gasteiger partial charge < -0.3 is 0 Å². The Morgan fingerprint density at radius 3 is 2.21 bits per heavy atom. The molecule has 0 aliphatic carbocycles. The van der Waals surface area contributed by atoms with Crippen molar-refractivity contribution in [2.24, 2.45) is 0 Å². The second-order valence-electron chi connectivity index (χ2n) is 5.06. The van der Waals surface area contributed by atoms with Crippen molar-refractivity contribution < 1.29 is 0 Å². The number of allylic oxidation sites excluding steroid dienone is 1. The van der Waals surface area contributed by atoms with Gasteiger partial charge in [0.15, 0.2) is 0 Å². The average Bonchev–Trinajstić information content (AvgIpc) is 2.02. The lowest BCUT2D eigenvalue weighted by Gasteiger charge is -2.20. The maximum Gasteiger partial charge on any atom is -0.0132 e. The third kappa shape index (κ3) is 2.25. The van der Waals surface area contributed by atoms with Crippen molar-refractivity contribution in [3.63, 3.8) is 0 Å². The highest BCUT2D eigenvalue weighted by Crippen LogP contribution is 2.26. The minimum absolute atomic E-state index is 0.220. The summed E-state index contributed by atoms with van der Waals surface area (Å²) in [6, 6.07) is 6.66. The molecule has 0 heterocycles. The van der Waals surface area contributed by atoms with Gasteiger partial charge in [-0.05, 0) is 36.0 Å². The van der Waals surface area contributed by atoms with Crippen LogP contribution in [0, 0.1) is 6.92 Å². The number of aryl methyl sites for hydroxylation is 1. The van der Waals surface area contributed by atoms with Crippen LogP contribution in [0.15, 0.2) is 24.8 Å². The molecule has 0 aromatic heterocycles. The molecular formula is C14H20. The fourth-order valence-corrected chi connectivity index (χ4v) is 1.55. The van der Waals surface area contributed by atoms with Gasteiger partial charge in [0.1, 0.15) is 0 Å². The topological polar surface area (TPSA) is 0 Å². The van der Waals surface area contributed by atoms with E-state index < -0.39 is 0 Å². The molecule has 1 rings (SSSR count). The number of benzene rings is 1. The molecule has 14 heavy (non-hydrogen) atoms. The van der Waals surface area contributed by atoms with Gasteiger partial charge in [-0.25, -0.2) is 0 Å². The molecule has 0 saturated heterocycles. The molecular weight excluding hydrogens is 168 g/mol. The molecule has 0 N–H and O–H groups in total. The molecule has 0 bridgehead atoms. The Kier molecular flexibility index (Phi) is 2.84. The standard InChI is InChI=1S/C14H20/c1-10(2)13-9-12(14(4,5)6)8-7-11(13)3/h7-9H,1H2,2-6H3. The van der Waals surface area contributed by atoms with E-state index in [1.807, 2.05) is 0 Å². The first-order chi connectivity index (χ1) is 6.32. The highest BCUT2D eigenvalue weighted by molar-refractivity contribution is 5.65. The van der Waals surface area contributed by atoms with Crippen molar-refractivity contribution in [1.82, 2.24) is 0 Å². The lowest BCUT2D eigenvalue weighted by atomic mass is 9.84. The molecule has 0 saturated carbocycles. The number of hydrogen-bond donors (Lipinski definition) is 0. The lowest BCUT2D eigenvalue weighted by molar-refractivity contribution is 0.590. The van der Waals surface area contributed by atoms with E-state index in [1.165, 1.54) is 16.7 Å². The van der Waals surface area contributed by atoms with Crippen LogP contribution in [-0.2, 0) is 5.41 Å². The van der Waals surface area contributed by atoms with Gasteiger partial charge in [-0.1, -0.05) is 51.1 Å². The molecule has 1 aromatic carbocycles. The van der Waals surface area contributed by atoms with Crippen molar-refractivity contribution in [3.8, 4) is 0 Å². The summed E-state index contributed by atoms with van der Waals surface area (Å²) in [4.78, 5) is 0. The van der Waals surface area contributed by atoms with Crippen LogP contribution in [0.1, 0.15) is 44.4 Å². The first kappa shape index (κ1) is 11.0. The van der Waals surface area contributed by atoms with E-state index in [2.05, 4.69) is 59.4 Å². The zero-order valence-corrected chi connectivity index (χ0v) is 9.94.